The Balaban J connectivity index is 1.67. The number of aryl methyl sites for hydroxylation is 1. The molecule has 1 aliphatic rings. The number of hydrogen-bond acceptors (Lipinski definition) is 6. The summed E-state index contributed by atoms with van der Waals surface area (Å²) in [7, 11) is 3.99. The van der Waals surface area contributed by atoms with Crippen molar-refractivity contribution in [3.63, 3.8) is 0 Å². The van der Waals surface area contributed by atoms with Crippen LogP contribution in [-0.4, -0.2) is 75.3 Å². The lowest BCUT2D eigenvalue weighted by atomic mass is 10.1. The third kappa shape index (κ3) is 6.08. The minimum Gasteiger partial charge on any atom is -0.375 e. The number of likely N-dealkylation sites (N-methyl/N-ethyl adjacent to an activating group) is 1. The molecule has 35 heavy (non-hydrogen) atoms. The molecule has 0 spiro atoms. The zero-order valence-corrected chi connectivity index (χ0v) is 21.2. The van der Waals surface area contributed by atoms with Gasteiger partial charge in [0.2, 0.25) is 5.95 Å². The molecule has 1 aliphatic heterocycles. The molecule has 3 heterocycles. The van der Waals surface area contributed by atoms with Gasteiger partial charge >= 0.3 is 0 Å². The molecule has 186 valence electrons. The van der Waals surface area contributed by atoms with Crippen molar-refractivity contribution in [3.05, 3.63) is 65.0 Å². The minimum absolute atomic E-state index is 0.0197. The van der Waals surface area contributed by atoms with Crippen LogP contribution in [0.3, 0.4) is 0 Å². The fraction of sp³-hybridized carbons (Fsp3) is 0.423. The van der Waals surface area contributed by atoms with Gasteiger partial charge in [-0.1, -0.05) is 30.2 Å². The lowest BCUT2D eigenvalue weighted by Gasteiger charge is -2.29. The summed E-state index contributed by atoms with van der Waals surface area (Å²) in [5.74, 6) is 0.206. The average Bonchev–Trinajstić information content (AvgIpc) is 3.01. The number of carbonyl (C=O) groups is 1. The summed E-state index contributed by atoms with van der Waals surface area (Å²) in [5.41, 5.74) is 2.80. The van der Waals surface area contributed by atoms with Gasteiger partial charge in [0, 0.05) is 37.1 Å². The van der Waals surface area contributed by atoms with Crippen LogP contribution < -0.4 is 5.32 Å². The molecular formula is C26H33ClN6O2. The number of carbonyl (C=O) groups excluding carboxylic acids is 1. The van der Waals surface area contributed by atoms with E-state index in [9.17, 15) is 9.90 Å². The molecule has 1 aromatic carbocycles. The van der Waals surface area contributed by atoms with Gasteiger partial charge < -0.3 is 14.6 Å². The second kappa shape index (κ2) is 11.3. The Labute approximate surface area is 211 Å². The number of benzene rings is 1. The maximum atomic E-state index is 13.1. The summed E-state index contributed by atoms with van der Waals surface area (Å²) < 4.78 is 2.04. The van der Waals surface area contributed by atoms with Crippen molar-refractivity contribution in [2.24, 2.45) is 0 Å². The molecule has 1 amide bonds. The van der Waals surface area contributed by atoms with Crippen LogP contribution in [0.1, 0.15) is 41.4 Å². The third-order valence-electron chi connectivity index (χ3n) is 6.24. The number of aromatic nitrogens is 3. The Hall–Kier alpha value is -2.78. The van der Waals surface area contributed by atoms with Crippen LogP contribution in [0.5, 0.6) is 0 Å². The lowest BCUT2D eigenvalue weighted by Crippen LogP contribution is -2.38. The normalized spacial score (nSPS) is 18.3. The van der Waals surface area contributed by atoms with Crippen LogP contribution in [-0.2, 0) is 0 Å². The molecule has 1 saturated heterocycles. The van der Waals surface area contributed by atoms with Crippen LogP contribution in [0.25, 0.3) is 11.0 Å². The molecule has 0 radical (unpaired) electrons. The summed E-state index contributed by atoms with van der Waals surface area (Å²) in [6.45, 7) is 4.02. The van der Waals surface area contributed by atoms with E-state index < -0.39 is 6.23 Å². The summed E-state index contributed by atoms with van der Waals surface area (Å²) >= 11 is 6.65. The van der Waals surface area contributed by atoms with Crippen molar-refractivity contribution in [3.8, 4) is 0 Å². The van der Waals surface area contributed by atoms with E-state index in [1.54, 1.807) is 18.3 Å². The Morgan fingerprint density at radius 3 is 2.94 bits per heavy atom. The number of anilines is 1. The van der Waals surface area contributed by atoms with E-state index in [1.165, 1.54) is 0 Å². The number of aliphatic hydroxyl groups excluding tert-OH is 1. The second-order valence-electron chi connectivity index (χ2n) is 9.30. The van der Waals surface area contributed by atoms with Crippen molar-refractivity contribution in [1.82, 2.24) is 24.3 Å². The van der Waals surface area contributed by atoms with E-state index in [0.29, 0.717) is 23.1 Å². The number of fused-ring (bicyclic) bond motifs is 1. The molecule has 0 bridgehead atoms. The van der Waals surface area contributed by atoms with Gasteiger partial charge in [-0.2, -0.15) is 0 Å². The number of imidazole rings is 1. The molecule has 2 atom stereocenters. The maximum Gasteiger partial charge on any atom is 0.258 e. The first kappa shape index (κ1) is 25.3. The topological polar surface area (TPSA) is 86.5 Å². The van der Waals surface area contributed by atoms with E-state index in [2.05, 4.69) is 15.2 Å². The fourth-order valence-corrected chi connectivity index (χ4v) is 4.79. The van der Waals surface area contributed by atoms with Crippen molar-refractivity contribution < 1.29 is 9.90 Å². The second-order valence-corrected chi connectivity index (χ2v) is 9.71. The van der Waals surface area contributed by atoms with Crippen molar-refractivity contribution in [1.29, 1.82) is 0 Å². The van der Waals surface area contributed by atoms with E-state index in [-0.39, 0.29) is 11.9 Å². The number of aliphatic hydroxyl groups is 1. The number of rotatable bonds is 7. The number of halogens is 1. The first-order valence-electron chi connectivity index (χ1n) is 12.0. The number of nitrogens with one attached hydrogen (secondary N) is 1. The first-order valence-corrected chi connectivity index (χ1v) is 12.3. The van der Waals surface area contributed by atoms with Crippen molar-refractivity contribution >= 4 is 34.5 Å². The highest BCUT2D eigenvalue weighted by Gasteiger charge is 2.28. The Kier molecular flexibility index (Phi) is 8.18. The SMILES string of the molecule is Cc1cc(C(=O)Nc2nc3cccc(Cl)c3n2[C@@H]2CCCCN(C(O)/C=C/CN(C)C)C2)ccn1. The van der Waals surface area contributed by atoms with Crippen molar-refractivity contribution in [2.45, 2.75) is 38.5 Å². The summed E-state index contributed by atoms with van der Waals surface area (Å²) in [6, 6.07) is 9.02. The zero-order chi connectivity index (χ0) is 24.9. The highest BCUT2D eigenvalue weighted by Crippen LogP contribution is 2.34. The zero-order valence-electron chi connectivity index (χ0n) is 20.5. The molecule has 0 aliphatic carbocycles. The first-order chi connectivity index (χ1) is 16.8. The van der Waals surface area contributed by atoms with Gasteiger partial charge in [0.1, 0.15) is 6.23 Å². The van der Waals surface area contributed by atoms with Gasteiger partial charge in [-0.25, -0.2) is 4.98 Å². The number of likely N-dealkylation sites (tertiary alicyclic amines) is 1. The van der Waals surface area contributed by atoms with Crippen LogP contribution >= 0.6 is 11.6 Å². The summed E-state index contributed by atoms with van der Waals surface area (Å²) in [5, 5.41) is 14.5. The predicted octanol–water partition coefficient (Wildman–Crippen LogP) is 4.11. The van der Waals surface area contributed by atoms with Crippen LogP contribution in [0.15, 0.2) is 48.7 Å². The number of nitrogens with zero attached hydrogens (tertiary/aromatic N) is 5. The van der Waals surface area contributed by atoms with E-state index >= 15 is 0 Å². The Morgan fingerprint density at radius 2 is 2.17 bits per heavy atom. The van der Waals surface area contributed by atoms with E-state index in [4.69, 9.17) is 16.6 Å². The third-order valence-corrected chi connectivity index (χ3v) is 6.55. The molecule has 8 nitrogen and oxygen atoms in total. The number of hydrogen-bond donors (Lipinski definition) is 2. The van der Waals surface area contributed by atoms with Crippen molar-refractivity contribution in [2.75, 3.05) is 39.0 Å². The number of amides is 1. The number of para-hydroxylation sites is 1. The van der Waals surface area contributed by atoms with Gasteiger partial charge in [0.05, 0.1) is 22.1 Å². The molecule has 2 aromatic heterocycles. The number of pyridine rings is 1. The van der Waals surface area contributed by atoms with Gasteiger partial charge in [0.15, 0.2) is 0 Å². The molecule has 2 N–H and O–H groups in total. The smallest absolute Gasteiger partial charge is 0.258 e. The quantitative estimate of drug-likeness (QED) is 0.479. The largest absolute Gasteiger partial charge is 0.375 e. The van der Waals surface area contributed by atoms with E-state index in [1.807, 2.05) is 60.8 Å². The summed E-state index contributed by atoms with van der Waals surface area (Å²) in [6.07, 6.45) is 7.63. The lowest BCUT2D eigenvalue weighted by molar-refractivity contribution is 0.0366. The Morgan fingerprint density at radius 1 is 1.34 bits per heavy atom. The minimum atomic E-state index is -0.682. The molecule has 1 fully saturated rings. The highest BCUT2D eigenvalue weighted by atomic mass is 35.5. The fourth-order valence-electron chi connectivity index (χ4n) is 4.52. The molecule has 1 unspecified atom stereocenters. The van der Waals surface area contributed by atoms with Gasteiger partial charge in [-0.15, -0.1) is 0 Å². The van der Waals surface area contributed by atoms with Crippen LogP contribution in [0, 0.1) is 6.92 Å². The standard InChI is InChI=1S/C26H33ClN6O2/c1-18-16-19(12-13-28-18)25(35)30-26-29-22-10-6-9-21(27)24(22)33(26)20-8-4-5-15-32(17-20)23(34)11-7-14-31(2)3/h6-7,9-13,16,20,23,34H,4-5,8,14-15,17H2,1-3H3,(H,29,30,35)/b11-7+/t20-,23?/m1/s1. The Bertz CT molecular complexity index is 1210. The van der Waals surface area contributed by atoms with E-state index in [0.717, 1.165) is 49.1 Å². The van der Waals surface area contributed by atoms with Gasteiger partial charge in [-0.3, -0.25) is 20.0 Å². The monoisotopic (exact) mass is 496 g/mol. The summed E-state index contributed by atoms with van der Waals surface area (Å²) in [4.78, 5) is 26.1. The van der Waals surface area contributed by atoms with Crippen LogP contribution in [0.2, 0.25) is 5.02 Å². The predicted molar refractivity (Wildman–Crippen MR) is 140 cm³/mol. The van der Waals surface area contributed by atoms with Gasteiger partial charge in [-0.05, 0) is 64.2 Å². The molecule has 3 aromatic rings. The van der Waals surface area contributed by atoms with Gasteiger partial charge in [0.25, 0.3) is 5.91 Å². The average molecular weight is 497 g/mol. The van der Waals surface area contributed by atoms with Crippen LogP contribution in [0.4, 0.5) is 5.95 Å². The maximum absolute atomic E-state index is 13.1. The molecule has 4 rings (SSSR count). The highest BCUT2D eigenvalue weighted by molar-refractivity contribution is 6.35. The molecule has 9 heteroatoms. The molecular weight excluding hydrogens is 464 g/mol. The molecule has 0 saturated carbocycles.